The summed E-state index contributed by atoms with van der Waals surface area (Å²) in [6.07, 6.45) is 13.4. The van der Waals surface area contributed by atoms with Gasteiger partial charge in [0.2, 0.25) is 0 Å². The molecule has 0 saturated heterocycles. The van der Waals surface area contributed by atoms with Crippen molar-refractivity contribution in [3.8, 4) is 0 Å². The highest BCUT2D eigenvalue weighted by atomic mass is 32.2. The lowest BCUT2D eigenvalue weighted by molar-refractivity contribution is -0.111. The number of unbranched alkanes of at least 4 members (excludes halogenated alkanes) is 1. The van der Waals surface area contributed by atoms with Crippen molar-refractivity contribution in [2.45, 2.75) is 63.0 Å². The maximum absolute atomic E-state index is 11.4. The topological polar surface area (TPSA) is 17.1 Å². The van der Waals surface area contributed by atoms with Crippen molar-refractivity contribution in [2.75, 3.05) is 6.26 Å². The first kappa shape index (κ1) is 13.1. The van der Waals surface area contributed by atoms with Gasteiger partial charge in [0.05, 0.1) is 4.75 Å². The summed E-state index contributed by atoms with van der Waals surface area (Å²) in [5.74, 6) is 0.644. The van der Waals surface area contributed by atoms with Gasteiger partial charge in [0, 0.05) is 0 Å². The highest BCUT2D eigenvalue weighted by Crippen LogP contribution is 2.42. The fourth-order valence-corrected chi connectivity index (χ4v) is 3.73. The molecule has 0 aromatic carbocycles. The second kappa shape index (κ2) is 6.57. The molecule has 1 aliphatic rings. The molecule has 1 fully saturated rings. The van der Waals surface area contributed by atoms with E-state index in [1.54, 1.807) is 11.8 Å². The molecule has 1 atom stereocenters. The van der Waals surface area contributed by atoms with Crippen LogP contribution in [0.25, 0.3) is 0 Å². The SMILES string of the molecule is CCCCC(C=O)(SC)C1CCCCC1. The number of aldehydes is 1. The molecule has 0 aromatic heterocycles. The van der Waals surface area contributed by atoms with Crippen LogP contribution in [0.4, 0.5) is 0 Å². The predicted molar refractivity (Wildman–Crippen MR) is 68.4 cm³/mol. The van der Waals surface area contributed by atoms with Crippen molar-refractivity contribution in [2.24, 2.45) is 5.92 Å². The average molecular weight is 228 g/mol. The standard InChI is InChI=1S/C13H24OS/c1-3-4-10-13(11-14,15-2)12-8-6-5-7-9-12/h11-12H,3-10H2,1-2H3. The van der Waals surface area contributed by atoms with Crippen LogP contribution < -0.4 is 0 Å². The van der Waals surface area contributed by atoms with E-state index >= 15 is 0 Å². The molecule has 15 heavy (non-hydrogen) atoms. The molecule has 0 aromatic rings. The lowest BCUT2D eigenvalue weighted by Crippen LogP contribution is -2.37. The predicted octanol–water partition coefficient (Wildman–Crippen LogP) is 4.06. The van der Waals surface area contributed by atoms with E-state index in [-0.39, 0.29) is 4.75 Å². The Hall–Kier alpha value is 0.0200. The zero-order chi connectivity index (χ0) is 11.1. The lowest BCUT2D eigenvalue weighted by Gasteiger charge is -2.37. The van der Waals surface area contributed by atoms with Crippen molar-refractivity contribution in [3.05, 3.63) is 0 Å². The summed E-state index contributed by atoms with van der Waals surface area (Å²) in [5, 5.41) is 0. The van der Waals surface area contributed by atoms with Crippen molar-refractivity contribution in [1.29, 1.82) is 0 Å². The zero-order valence-electron chi connectivity index (χ0n) is 10.1. The molecule has 0 spiro atoms. The van der Waals surface area contributed by atoms with Crippen LogP contribution in [-0.2, 0) is 4.79 Å². The van der Waals surface area contributed by atoms with E-state index in [9.17, 15) is 4.79 Å². The van der Waals surface area contributed by atoms with E-state index in [0.29, 0.717) is 5.92 Å². The highest BCUT2D eigenvalue weighted by molar-refractivity contribution is 8.00. The number of carbonyl (C=O) groups excluding carboxylic acids is 1. The first-order valence-electron chi connectivity index (χ1n) is 6.30. The van der Waals surface area contributed by atoms with E-state index in [2.05, 4.69) is 13.2 Å². The molecule has 1 nitrogen and oxygen atoms in total. The number of thioether (sulfide) groups is 1. The van der Waals surface area contributed by atoms with Crippen molar-refractivity contribution < 1.29 is 4.79 Å². The number of hydrogen-bond acceptors (Lipinski definition) is 2. The fourth-order valence-electron chi connectivity index (χ4n) is 2.72. The maximum atomic E-state index is 11.4. The van der Waals surface area contributed by atoms with E-state index in [1.807, 2.05) is 0 Å². The first-order chi connectivity index (χ1) is 7.29. The zero-order valence-corrected chi connectivity index (χ0v) is 10.9. The van der Waals surface area contributed by atoms with Crippen LogP contribution in [0, 0.1) is 5.92 Å². The fraction of sp³-hybridized carbons (Fsp3) is 0.923. The highest BCUT2D eigenvalue weighted by Gasteiger charge is 2.37. The van der Waals surface area contributed by atoms with E-state index in [1.165, 1.54) is 51.2 Å². The smallest absolute Gasteiger partial charge is 0.136 e. The minimum absolute atomic E-state index is 0.0591. The third kappa shape index (κ3) is 3.24. The van der Waals surface area contributed by atoms with Crippen LogP contribution in [-0.4, -0.2) is 17.3 Å². The molecule has 1 saturated carbocycles. The molecule has 88 valence electrons. The summed E-state index contributed by atoms with van der Waals surface area (Å²) < 4.78 is -0.0591. The summed E-state index contributed by atoms with van der Waals surface area (Å²) in [4.78, 5) is 11.4. The Morgan fingerprint density at radius 1 is 1.33 bits per heavy atom. The van der Waals surface area contributed by atoms with Crippen LogP contribution in [0.1, 0.15) is 58.3 Å². The van der Waals surface area contributed by atoms with E-state index in [0.717, 1.165) is 6.42 Å². The van der Waals surface area contributed by atoms with Crippen LogP contribution in [0.5, 0.6) is 0 Å². The molecule has 0 aliphatic heterocycles. The van der Waals surface area contributed by atoms with Gasteiger partial charge >= 0.3 is 0 Å². The van der Waals surface area contributed by atoms with Crippen LogP contribution in [0.15, 0.2) is 0 Å². The average Bonchev–Trinajstić information content (AvgIpc) is 2.33. The Morgan fingerprint density at radius 3 is 2.47 bits per heavy atom. The Bertz CT molecular complexity index is 187. The summed E-state index contributed by atoms with van der Waals surface area (Å²) in [6, 6.07) is 0. The second-order valence-electron chi connectivity index (χ2n) is 4.72. The van der Waals surface area contributed by atoms with Gasteiger partial charge < -0.3 is 4.79 Å². The van der Waals surface area contributed by atoms with Gasteiger partial charge in [-0.15, -0.1) is 0 Å². The minimum Gasteiger partial charge on any atom is -0.302 e. The Kier molecular flexibility index (Phi) is 5.73. The molecular formula is C13H24OS. The van der Waals surface area contributed by atoms with Gasteiger partial charge in [-0.25, -0.2) is 0 Å². The van der Waals surface area contributed by atoms with Gasteiger partial charge in [0.1, 0.15) is 6.29 Å². The molecule has 1 rings (SSSR count). The Balaban J connectivity index is 2.63. The molecule has 0 N–H and O–H groups in total. The largest absolute Gasteiger partial charge is 0.302 e. The molecule has 0 heterocycles. The van der Waals surface area contributed by atoms with E-state index < -0.39 is 0 Å². The van der Waals surface area contributed by atoms with Gasteiger partial charge in [-0.1, -0.05) is 39.0 Å². The Labute approximate surface area is 98.4 Å². The van der Waals surface area contributed by atoms with Gasteiger partial charge in [-0.05, 0) is 31.4 Å². The maximum Gasteiger partial charge on any atom is 0.136 e. The van der Waals surface area contributed by atoms with Gasteiger partial charge in [-0.3, -0.25) is 0 Å². The second-order valence-corrected chi connectivity index (χ2v) is 5.88. The summed E-state index contributed by atoms with van der Waals surface area (Å²) in [7, 11) is 0. The van der Waals surface area contributed by atoms with Crippen LogP contribution in [0.3, 0.4) is 0 Å². The summed E-state index contributed by atoms with van der Waals surface area (Å²) in [5.41, 5.74) is 0. The summed E-state index contributed by atoms with van der Waals surface area (Å²) in [6.45, 7) is 2.21. The van der Waals surface area contributed by atoms with Gasteiger partial charge in [0.25, 0.3) is 0 Å². The number of hydrogen-bond donors (Lipinski definition) is 0. The van der Waals surface area contributed by atoms with Crippen molar-refractivity contribution in [1.82, 2.24) is 0 Å². The Morgan fingerprint density at radius 2 is 2.00 bits per heavy atom. The third-order valence-electron chi connectivity index (χ3n) is 3.80. The van der Waals surface area contributed by atoms with Crippen LogP contribution >= 0.6 is 11.8 Å². The van der Waals surface area contributed by atoms with E-state index in [4.69, 9.17) is 0 Å². The normalized spacial score (nSPS) is 22.3. The monoisotopic (exact) mass is 228 g/mol. The van der Waals surface area contributed by atoms with Gasteiger partial charge in [0.15, 0.2) is 0 Å². The first-order valence-corrected chi connectivity index (χ1v) is 7.53. The minimum atomic E-state index is -0.0591. The van der Waals surface area contributed by atoms with Crippen LogP contribution in [0.2, 0.25) is 0 Å². The molecule has 0 amide bonds. The number of rotatable bonds is 6. The van der Waals surface area contributed by atoms with Crippen molar-refractivity contribution >= 4 is 18.0 Å². The molecule has 1 aliphatic carbocycles. The quantitative estimate of drug-likeness (QED) is 0.638. The molecule has 0 radical (unpaired) electrons. The molecular weight excluding hydrogens is 204 g/mol. The number of carbonyl (C=O) groups is 1. The van der Waals surface area contributed by atoms with Crippen molar-refractivity contribution in [3.63, 3.8) is 0 Å². The molecule has 1 unspecified atom stereocenters. The van der Waals surface area contributed by atoms with Gasteiger partial charge in [-0.2, -0.15) is 11.8 Å². The molecule has 2 heteroatoms. The summed E-state index contributed by atoms with van der Waals surface area (Å²) >= 11 is 1.80. The lowest BCUT2D eigenvalue weighted by atomic mass is 9.78. The third-order valence-corrected chi connectivity index (χ3v) is 5.19. The molecule has 0 bridgehead atoms.